The predicted molar refractivity (Wildman–Crippen MR) is 48.1 cm³/mol. The van der Waals surface area contributed by atoms with Gasteiger partial charge in [0.05, 0.1) is 6.61 Å². The fourth-order valence-electron chi connectivity index (χ4n) is 1.18. The lowest BCUT2D eigenvalue weighted by atomic mass is 10.2. The highest BCUT2D eigenvalue weighted by atomic mass is 32.2. The molecule has 0 bridgehead atoms. The van der Waals surface area contributed by atoms with Gasteiger partial charge in [-0.1, -0.05) is 0 Å². The van der Waals surface area contributed by atoms with Crippen molar-refractivity contribution in [3.63, 3.8) is 0 Å². The van der Waals surface area contributed by atoms with Gasteiger partial charge in [-0.3, -0.25) is 0 Å². The van der Waals surface area contributed by atoms with Gasteiger partial charge in [0.15, 0.2) is 6.29 Å². The van der Waals surface area contributed by atoms with Crippen molar-refractivity contribution in [3.05, 3.63) is 0 Å². The molecule has 1 aliphatic rings. The van der Waals surface area contributed by atoms with Gasteiger partial charge >= 0.3 is 5.51 Å². The molecule has 1 fully saturated rings. The second-order valence-corrected chi connectivity index (χ2v) is 4.12. The Hall–Kier alpha value is 0.0600. The molecule has 2 nitrogen and oxygen atoms in total. The van der Waals surface area contributed by atoms with Crippen LogP contribution in [0.5, 0.6) is 0 Å². The van der Waals surface area contributed by atoms with E-state index in [9.17, 15) is 13.2 Å². The quantitative estimate of drug-likeness (QED) is 0.692. The van der Waals surface area contributed by atoms with Crippen LogP contribution in [0.15, 0.2) is 0 Å². The van der Waals surface area contributed by atoms with Crippen LogP contribution in [0.2, 0.25) is 0 Å². The molecule has 1 heterocycles. The zero-order chi connectivity index (χ0) is 10.4. The first-order valence-corrected chi connectivity index (χ1v) is 5.50. The molecule has 1 aliphatic heterocycles. The van der Waals surface area contributed by atoms with Crippen LogP contribution in [0, 0.1) is 0 Å². The molecule has 0 radical (unpaired) electrons. The van der Waals surface area contributed by atoms with E-state index in [4.69, 9.17) is 9.47 Å². The summed E-state index contributed by atoms with van der Waals surface area (Å²) >= 11 is -0.0584. The largest absolute Gasteiger partial charge is 0.441 e. The van der Waals surface area contributed by atoms with Gasteiger partial charge in [0.1, 0.15) is 0 Å². The number of hydrogen-bond acceptors (Lipinski definition) is 3. The number of ether oxygens (including phenoxy) is 2. The highest BCUT2D eigenvalue weighted by molar-refractivity contribution is 8.00. The van der Waals surface area contributed by atoms with E-state index >= 15 is 0 Å². The first kappa shape index (κ1) is 12.1. The molecule has 0 aromatic heterocycles. The Morgan fingerprint density at radius 1 is 1.36 bits per heavy atom. The number of hydrogen-bond donors (Lipinski definition) is 0. The van der Waals surface area contributed by atoms with E-state index < -0.39 is 5.51 Å². The first-order valence-electron chi connectivity index (χ1n) is 4.52. The summed E-state index contributed by atoms with van der Waals surface area (Å²) in [5.74, 6) is -0.0661. The van der Waals surface area contributed by atoms with Crippen LogP contribution in [0.3, 0.4) is 0 Å². The summed E-state index contributed by atoms with van der Waals surface area (Å²) < 4.78 is 45.4. The standard InChI is InChI=1S/C8H13F3O2S/c9-8(10,11)14-6-5-13-7-3-1-2-4-12-7/h7H,1-6H2. The monoisotopic (exact) mass is 230 g/mol. The molecule has 0 saturated carbocycles. The lowest BCUT2D eigenvalue weighted by Gasteiger charge is -2.22. The van der Waals surface area contributed by atoms with Crippen molar-refractivity contribution < 1.29 is 22.6 Å². The Kier molecular flexibility index (Phi) is 5.05. The Morgan fingerprint density at radius 3 is 2.71 bits per heavy atom. The van der Waals surface area contributed by atoms with Crippen LogP contribution >= 0.6 is 11.8 Å². The first-order chi connectivity index (χ1) is 6.58. The van der Waals surface area contributed by atoms with Crippen molar-refractivity contribution in [3.8, 4) is 0 Å². The van der Waals surface area contributed by atoms with Crippen molar-refractivity contribution in [2.45, 2.75) is 31.1 Å². The topological polar surface area (TPSA) is 18.5 Å². The fraction of sp³-hybridized carbons (Fsp3) is 1.00. The molecule has 0 spiro atoms. The predicted octanol–water partition coefficient (Wildman–Crippen LogP) is 2.78. The summed E-state index contributed by atoms with van der Waals surface area (Å²) in [6, 6.07) is 0. The third-order valence-corrected chi connectivity index (χ3v) is 2.49. The molecule has 1 unspecified atom stereocenters. The summed E-state index contributed by atoms with van der Waals surface area (Å²) in [5.41, 5.74) is -4.16. The van der Waals surface area contributed by atoms with Crippen LogP contribution in [-0.2, 0) is 9.47 Å². The van der Waals surface area contributed by atoms with Gasteiger partial charge in [0, 0.05) is 12.4 Å². The maximum atomic E-state index is 11.7. The maximum Gasteiger partial charge on any atom is 0.441 e. The van der Waals surface area contributed by atoms with Gasteiger partial charge in [-0.15, -0.1) is 0 Å². The van der Waals surface area contributed by atoms with Gasteiger partial charge < -0.3 is 9.47 Å². The van der Waals surface area contributed by atoms with E-state index in [0.29, 0.717) is 6.61 Å². The Labute approximate surface area is 85.1 Å². The van der Waals surface area contributed by atoms with Gasteiger partial charge in [0.2, 0.25) is 0 Å². The van der Waals surface area contributed by atoms with Crippen molar-refractivity contribution >= 4 is 11.8 Å². The van der Waals surface area contributed by atoms with E-state index in [-0.39, 0.29) is 30.4 Å². The molecule has 6 heteroatoms. The summed E-state index contributed by atoms with van der Waals surface area (Å²) in [7, 11) is 0. The van der Waals surface area contributed by atoms with Crippen molar-refractivity contribution in [2.75, 3.05) is 19.0 Å². The number of halogens is 3. The summed E-state index contributed by atoms with van der Waals surface area (Å²) in [6.07, 6.45) is 2.53. The number of alkyl halides is 3. The minimum atomic E-state index is -4.16. The molecule has 1 atom stereocenters. The smallest absolute Gasteiger partial charge is 0.353 e. The van der Waals surface area contributed by atoms with Gasteiger partial charge in [0.25, 0.3) is 0 Å². The van der Waals surface area contributed by atoms with E-state index in [1.807, 2.05) is 0 Å². The third-order valence-electron chi connectivity index (χ3n) is 1.79. The SMILES string of the molecule is FC(F)(F)SCCOC1CCCCO1. The van der Waals surface area contributed by atoms with Crippen LogP contribution in [0.4, 0.5) is 13.2 Å². The molecule has 1 saturated heterocycles. The minimum absolute atomic E-state index is 0.0584. The fourth-order valence-corrected chi connectivity index (χ4v) is 1.59. The average Bonchev–Trinajstić information content (AvgIpc) is 2.13. The van der Waals surface area contributed by atoms with E-state index in [1.54, 1.807) is 0 Å². The molecule has 0 N–H and O–H groups in total. The molecule has 0 aliphatic carbocycles. The Balaban J connectivity index is 1.97. The molecule has 0 aromatic rings. The highest BCUT2D eigenvalue weighted by Gasteiger charge is 2.27. The zero-order valence-electron chi connectivity index (χ0n) is 7.68. The van der Waals surface area contributed by atoms with E-state index in [2.05, 4.69) is 0 Å². The minimum Gasteiger partial charge on any atom is -0.353 e. The van der Waals surface area contributed by atoms with Crippen molar-refractivity contribution in [1.82, 2.24) is 0 Å². The van der Waals surface area contributed by atoms with Gasteiger partial charge in [-0.05, 0) is 31.0 Å². The van der Waals surface area contributed by atoms with Crippen LogP contribution in [-0.4, -0.2) is 30.8 Å². The van der Waals surface area contributed by atoms with Crippen LogP contribution < -0.4 is 0 Å². The van der Waals surface area contributed by atoms with Gasteiger partial charge in [-0.25, -0.2) is 0 Å². The summed E-state index contributed by atoms with van der Waals surface area (Å²) in [6.45, 7) is 0.742. The number of rotatable bonds is 4. The Morgan fingerprint density at radius 2 is 2.14 bits per heavy atom. The average molecular weight is 230 g/mol. The molecule has 14 heavy (non-hydrogen) atoms. The normalized spacial score (nSPS) is 23.8. The molecule has 0 aromatic carbocycles. The molecule has 84 valence electrons. The van der Waals surface area contributed by atoms with Gasteiger partial charge in [-0.2, -0.15) is 13.2 Å². The summed E-state index contributed by atoms with van der Waals surface area (Å²) in [5, 5.41) is 0. The second-order valence-electron chi connectivity index (χ2n) is 2.96. The zero-order valence-corrected chi connectivity index (χ0v) is 8.50. The van der Waals surface area contributed by atoms with Crippen molar-refractivity contribution in [1.29, 1.82) is 0 Å². The van der Waals surface area contributed by atoms with Crippen molar-refractivity contribution in [2.24, 2.45) is 0 Å². The highest BCUT2D eigenvalue weighted by Crippen LogP contribution is 2.29. The lowest BCUT2D eigenvalue weighted by Crippen LogP contribution is -2.23. The van der Waals surface area contributed by atoms with Crippen LogP contribution in [0.25, 0.3) is 0 Å². The summed E-state index contributed by atoms with van der Waals surface area (Å²) in [4.78, 5) is 0. The van der Waals surface area contributed by atoms with E-state index in [1.165, 1.54) is 0 Å². The molecular formula is C8H13F3O2S. The third kappa shape index (κ3) is 5.72. The molecular weight excluding hydrogens is 217 g/mol. The number of thioether (sulfide) groups is 1. The molecule has 1 rings (SSSR count). The molecule has 0 amide bonds. The lowest BCUT2D eigenvalue weighted by molar-refractivity contribution is -0.158. The maximum absolute atomic E-state index is 11.7. The van der Waals surface area contributed by atoms with E-state index in [0.717, 1.165) is 19.3 Å². The van der Waals surface area contributed by atoms with Crippen LogP contribution in [0.1, 0.15) is 19.3 Å². The second kappa shape index (κ2) is 5.82. The Bertz CT molecular complexity index is 157.